The number of nitrogens with one attached hydrogen (secondary N) is 1. The van der Waals surface area contributed by atoms with E-state index < -0.39 is 5.91 Å². The molecule has 0 spiro atoms. The maximum absolute atomic E-state index is 12.8. The number of nitriles is 1. The Morgan fingerprint density at radius 1 is 1.03 bits per heavy atom. The van der Waals surface area contributed by atoms with Crippen molar-refractivity contribution in [3.63, 3.8) is 0 Å². The molecule has 0 heterocycles. The molecule has 0 saturated carbocycles. The zero-order valence-electron chi connectivity index (χ0n) is 17.7. The molecule has 4 aromatic rings. The summed E-state index contributed by atoms with van der Waals surface area (Å²) >= 11 is 13.0. The predicted octanol–water partition coefficient (Wildman–Crippen LogP) is 8.14. The highest BCUT2D eigenvalue weighted by atomic mass is 79.9. The molecule has 0 atom stereocenters. The largest absolute Gasteiger partial charge is 0.487 e. The van der Waals surface area contributed by atoms with Crippen LogP contribution in [0.25, 0.3) is 16.8 Å². The van der Waals surface area contributed by atoms with Gasteiger partial charge in [0.2, 0.25) is 0 Å². The number of rotatable bonds is 6. The first-order chi connectivity index (χ1) is 16.4. The fourth-order valence-corrected chi connectivity index (χ4v) is 5.04. The number of amides is 1. The predicted molar refractivity (Wildman–Crippen MR) is 144 cm³/mol. The molecule has 1 amide bonds. The van der Waals surface area contributed by atoms with Crippen LogP contribution in [-0.2, 0) is 11.4 Å². The molecule has 0 unspecified atom stereocenters. The Kier molecular flexibility index (Phi) is 7.69. The van der Waals surface area contributed by atoms with Crippen molar-refractivity contribution in [2.45, 2.75) is 6.61 Å². The first-order valence-corrected chi connectivity index (χ1v) is 12.2. The van der Waals surface area contributed by atoms with Crippen molar-refractivity contribution >= 4 is 71.9 Å². The van der Waals surface area contributed by atoms with Gasteiger partial charge in [-0.15, -0.1) is 0 Å². The molecular weight excluding hydrogens is 580 g/mol. The van der Waals surface area contributed by atoms with Gasteiger partial charge in [-0.1, -0.05) is 76.1 Å². The molecule has 0 aromatic heterocycles. The Morgan fingerprint density at radius 3 is 2.59 bits per heavy atom. The van der Waals surface area contributed by atoms with Crippen molar-refractivity contribution in [2.24, 2.45) is 0 Å². The van der Waals surface area contributed by atoms with Crippen molar-refractivity contribution in [3.8, 4) is 11.8 Å². The van der Waals surface area contributed by atoms with Gasteiger partial charge in [-0.3, -0.25) is 4.79 Å². The molecule has 0 radical (unpaired) electrons. The molecule has 0 aliphatic rings. The second kappa shape index (κ2) is 10.9. The second-order valence-electron chi connectivity index (χ2n) is 7.37. The lowest BCUT2D eigenvalue weighted by Gasteiger charge is -2.14. The lowest BCUT2D eigenvalue weighted by atomic mass is 10.1. The molecule has 0 aliphatic heterocycles. The molecule has 168 valence electrons. The SMILES string of the molecule is N#C/C(=C\c1cc(Br)cc(Br)c1OCc1cccc2ccccc12)C(=O)Nc1cccc(Cl)c1. The van der Waals surface area contributed by atoms with Crippen molar-refractivity contribution in [3.05, 3.63) is 110 Å². The van der Waals surface area contributed by atoms with Crippen LogP contribution in [0, 0.1) is 11.3 Å². The first-order valence-electron chi connectivity index (χ1n) is 10.2. The quantitative estimate of drug-likeness (QED) is 0.181. The van der Waals surface area contributed by atoms with E-state index in [1.54, 1.807) is 30.3 Å². The fraction of sp³-hybridized carbons (Fsp3) is 0.0370. The maximum Gasteiger partial charge on any atom is 0.266 e. The zero-order valence-corrected chi connectivity index (χ0v) is 21.6. The van der Waals surface area contributed by atoms with Crippen LogP contribution in [0.4, 0.5) is 5.69 Å². The van der Waals surface area contributed by atoms with Crippen LogP contribution in [0.1, 0.15) is 11.1 Å². The van der Waals surface area contributed by atoms with E-state index in [1.165, 1.54) is 6.08 Å². The molecule has 34 heavy (non-hydrogen) atoms. The summed E-state index contributed by atoms with van der Waals surface area (Å²) in [6, 6.07) is 26.5. The van der Waals surface area contributed by atoms with Crippen molar-refractivity contribution in [1.82, 2.24) is 0 Å². The normalized spacial score (nSPS) is 11.2. The summed E-state index contributed by atoms with van der Waals surface area (Å²) in [5.41, 5.74) is 2.04. The third kappa shape index (κ3) is 5.68. The summed E-state index contributed by atoms with van der Waals surface area (Å²) in [7, 11) is 0. The molecule has 4 aromatic carbocycles. The minimum Gasteiger partial charge on any atom is -0.487 e. The van der Waals surface area contributed by atoms with Crippen LogP contribution in [0.15, 0.2) is 93.4 Å². The highest BCUT2D eigenvalue weighted by molar-refractivity contribution is 9.11. The molecule has 4 nitrogen and oxygen atoms in total. The average molecular weight is 597 g/mol. The Balaban J connectivity index is 1.64. The van der Waals surface area contributed by atoms with E-state index in [0.717, 1.165) is 20.8 Å². The van der Waals surface area contributed by atoms with Crippen LogP contribution in [0.3, 0.4) is 0 Å². The van der Waals surface area contributed by atoms with Gasteiger partial charge < -0.3 is 10.1 Å². The van der Waals surface area contributed by atoms with E-state index in [1.807, 2.05) is 36.4 Å². The van der Waals surface area contributed by atoms with Crippen LogP contribution in [-0.4, -0.2) is 5.91 Å². The summed E-state index contributed by atoms with van der Waals surface area (Å²) < 4.78 is 7.67. The number of anilines is 1. The van der Waals surface area contributed by atoms with Gasteiger partial charge in [-0.05, 0) is 68.7 Å². The van der Waals surface area contributed by atoms with E-state index in [0.29, 0.717) is 33.1 Å². The van der Waals surface area contributed by atoms with Crippen LogP contribution >= 0.6 is 43.5 Å². The molecular formula is C27H17Br2ClN2O2. The molecule has 0 saturated heterocycles. The van der Waals surface area contributed by atoms with E-state index in [-0.39, 0.29) is 5.57 Å². The third-order valence-electron chi connectivity index (χ3n) is 5.04. The van der Waals surface area contributed by atoms with E-state index in [4.69, 9.17) is 16.3 Å². The number of hydrogen-bond acceptors (Lipinski definition) is 3. The fourth-order valence-electron chi connectivity index (χ4n) is 3.48. The van der Waals surface area contributed by atoms with Gasteiger partial charge in [0, 0.05) is 20.7 Å². The van der Waals surface area contributed by atoms with Gasteiger partial charge in [0.25, 0.3) is 5.91 Å². The number of ether oxygens (including phenoxy) is 1. The Bertz CT molecular complexity index is 1460. The number of halogens is 3. The van der Waals surface area contributed by atoms with E-state index in [2.05, 4.69) is 55.4 Å². The van der Waals surface area contributed by atoms with Crippen molar-refractivity contribution in [2.75, 3.05) is 5.32 Å². The topological polar surface area (TPSA) is 62.1 Å². The van der Waals surface area contributed by atoms with Gasteiger partial charge in [-0.2, -0.15) is 5.26 Å². The van der Waals surface area contributed by atoms with Crippen molar-refractivity contribution in [1.29, 1.82) is 5.26 Å². The van der Waals surface area contributed by atoms with Gasteiger partial charge in [0.05, 0.1) is 4.47 Å². The highest BCUT2D eigenvalue weighted by Crippen LogP contribution is 2.35. The number of benzene rings is 4. The van der Waals surface area contributed by atoms with Gasteiger partial charge >= 0.3 is 0 Å². The summed E-state index contributed by atoms with van der Waals surface area (Å²) in [5.74, 6) is -0.0136. The second-order valence-corrected chi connectivity index (χ2v) is 9.57. The van der Waals surface area contributed by atoms with Gasteiger partial charge in [0.1, 0.15) is 24.0 Å². The summed E-state index contributed by atoms with van der Waals surface area (Å²) in [6.07, 6.45) is 1.51. The number of hydrogen-bond donors (Lipinski definition) is 1. The first kappa shape index (κ1) is 24.0. The van der Waals surface area contributed by atoms with Gasteiger partial charge in [0.15, 0.2) is 0 Å². The Labute approximate surface area is 219 Å². The molecule has 4 rings (SSSR count). The molecule has 0 aliphatic carbocycles. The lowest BCUT2D eigenvalue weighted by molar-refractivity contribution is -0.112. The average Bonchev–Trinajstić information content (AvgIpc) is 2.81. The number of nitrogens with zero attached hydrogens (tertiary/aromatic N) is 1. The number of fused-ring (bicyclic) bond motifs is 1. The third-order valence-corrected chi connectivity index (χ3v) is 6.32. The van der Waals surface area contributed by atoms with E-state index >= 15 is 0 Å². The van der Waals surface area contributed by atoms with Crippen LogP contribution < -0.4 is 10.1 Å². The highest BCUT2D eigenvalue weighted by Gasteiger charge is 2.15. The van der Waals surface area contributed by atoms with Crippen LogP contribution in [0.5, 0.6) is 5.75 Å². The maximum atomic E-state index is 12.8. The molecule has 7 heteroatoms. The smallest absolute Gasteiger partial charge is 0.266 e. The number of carbonyl (C=O) groups excluding carboxylic acids is 1. The van der Waals surface area contributed by atoms with Crippen LogP contribution in [0.2, 0.25) is 5.02 Å². The molecule has 0 fully saturated rings. The van der Waals surface area contributed by atoms with Crippen molar-refractivity contribution < 1.29 is 9.53 Å². The standard InChI is InChI=1S/C27H17Br2ClN2O2/c28-21-12-19(11-20(15-31)27(33)32-23-9-4-8-22(30)14-23)26(25(29)13-21)34-16-18-7-3-6-17-5-1-2-10-24(17)18/h1-14H,16H2,(H,32,33)/b20-11+. The molecule has 1 N–H and O–H groups in total. The zero-order chi connectivity index (χ0) is 24.1. The summed E-state index contributed by atoms with van der Waals surface area (Å²) in [6.45, 7) is 0.318. The molecule has 0 bridgehead atoms. The van der Waals surface area contributed by atoms with E-state index in [9.17, 15) is 10.1 Å². The summed E-state index contributed by atoms with van der Waals surface area (Å²) in [4.78, 5) is 12.8. The monoisotopic (exact) mass is 594 g/mol. The minimum atomic E-state index is -0.541. The lowest BCUT2D eigenvalue weighted by Crippen LogP contribution is -2.13. The summed E-state index contributed by atoms with van der Waals surface area (Å²) in [5, 5.41) is 15.1. The Hall–Kier alpha value is -3.11. The Morgan fingerprint density at radius 2 is 1.79 bits per heavy atom. The number of carbonyl (C=O) groups is 1. The minimum absolute atomic E-state index is 0.0695. The van der Waals surface area contributed by atoms with Gasteiger partial charge in [-0.25, -0.2) is 0 Å².